The van der Waals surface area contributed by atoms with Crippen molar-refractivity contribution in [3.8, 4) is 0 Å². The Morgan fingerprint density at radius 3 is 2.41 bits per heavy atom. The molecule has 0 radical (unpaired) electrons. The first-order valence-electron chi connectivity index (χ1n) is 4.65. The predicted molar refractivity (Wildman–Crippen MR) is 68.6 cm³/mol. The number of carbonyl (C=O) groups excluding carboxylic acids is 2. The molecule has 1 rings (SSSR count). The van der Waals surface area contributed by atoms with E-state index in [9.17, 15) is 9.59 Å². The number of benzene rings is 1. The number of rotatable bonds is 3. The molecule has 0 aliphatic carbocycles. The van der Waals surface area contributed by atoms with Gasteiger partial charge in [0.1, 0.15) is 5.71 Å². The van der Waals surface area contributed by atoms with Gasteiger partial charge in [0.2, 0.25) is 0 Å². The average molecular weight is 299 g/mol. The summed E-state index contributed by atoms with van der Waals surface area (Å²) in [5.41, 5.74) is 7.53. The Bertz CT molecular complexity index is 456. The quantitative estimate of drug-likeness (QED) is 0.581. The third-order valence-electron chi connectivity index (χ3n) is 1.76. The molecule has 0 aliphatic rings. The number of amides is 3. The molecule has 0 aromatic heterocycles. The molecule has 0 spiro atoms. The zero-order valence-corrected chi connectivity index (χ0v) is 10.6. The molecule has 0 unspecified atom stereocenters. The maximum absolute atomic E-state index is 11.6. The van der Waals surface area contributed by atoms with Crippen LogP contribution in [0.15, 0.2) is 33.8 Å². The van der Waals surface area contributed by atoms with Crippen LogP contribution in [0.25, 0.3) is 0 Å². The van der Waals surface area contributed by atoms with Gasteiger partial charge in [0.05, 0.1) is 0 Å². The van der Waals surface area contributed by atoms with Crippen LogP contribution in [0.1, 0.15) is 6.92 Å². The molecular formula is C10H11BrN4O2. The second-order valence-corrected chi connectivity index (χ2v) is 4.05. The Labute approximate surface area is 106 Å². The van der Waals surface area contributed by atoms with Crippen molar-refractivity contribution in [3.63, 3.8) is 0 Å². The summed E-state index contributed by atoms with van der Waals surface area (Å²) >= 11 is 3.28. The van der Waals surface area contributed by atoms with Crippen LogP contribution in [0.3, 0.4) is 0 Å². The molecule has 0 saturated heterocycles. The smallest absolute Gasteiger partial charge is 0.332 e. The summed E-state index contributed by atoms with van der Waals surface area (Å²) < 4.78 is 0.913. The fourth-order valence-corrected chi connectivity index (χ4v) is 1.21. The van der Waals surface area contributed by atoms with Crippen LogP contribution in [0.4, 0.5) is 10.5 Å². The molecule has 90 valence electrons. The third-order valence-corrected chi connectivity index (χ3v) is 2.29. The van der Waals surface area contributed by atoms with E-state index in [1.165, 1.54) is 6.92 Å². The zero-order valence-electron chi connectivity index (χ0n) is 9.03. The number of hydrogen-bond acceptors (Lipinski definition) is 3. The molecule has 0 fully saturated rings. The molecule has 0 aliphatic heterocycles. The van der Waals surface area contributed by atoms with E-state index in [0.717, 1.165) is 4.47 Å². The molecule has 17 heavy (non-hydrogen) atoms. The SMILES string of the molecule is C/C(=N\NC(N)=O)C(=O)Nc1ccc(Br)cc1. The Morgan fingerprint density at radius 1 is 1.29 bits per heavy atom. The molecule has 0 heterocycles. The van der Waals surface area contributed by atoms with Crippen molar-refractivity contribution in [3.05, 3.63) is 28.7 Å². The van der Waals surface area contributed by atoms with Crippen LogP contribution in [-0.2, 0) is 4.79 Å². The van der Waals surface area contributed by atoms with E-state index in [1.54, 1.807) is 24.3 Å². The zero-order chi connectivity index (χ0) is 12.8. The maximum Gasteiger partial charge on any atom is 0.332 e. The van der Waals surface area contributed by atoms with E-state index in [1.807, 2.05) is 5.43 Å². The standard InChI is InChI=1S/C10H11BrN4O2/c1-6(14-15-10(12)17)9(16)13-8-4-2-7(11)3-5-8/h2-5H,1H3,(H,13,16)(H3,12,15,17)/b14-6+. The predicted octanol–water partition coefficient (Wildman–Crippen LogP) is 1.43. The molecule has 0 saturated carbocycles. The summed E-state index contributed by atoms with van der Waals surface area (Å²) in [6.45, 7) is 1.46. The number of nitrogens with two attached hydrogens (primary N) is 1. The number of hydrogen-bond donors (Lipinski definition) is 3. The van der Waals surface area contributed by atoms with Crippen molar-refractivity contribution in [2.45, 2.75) is 6.92 Å². The number of urea groups is 1. The van der Waals surface area contributed by atoms with Crippen molar-refractivity contribution < 1.29 is 9.59 Å². The van der Waals surface area contributed by atoms with E-state index >= 15 is 0 Å². The second kappa shape index (κ2) is 6.00. The number of nitrogens with zero attached hydrogens (tertiary/aromatic N) is 1. The lowest BCUT2D eigenvalue weighted by molar-refractivity contribution is -0.110. The number of primary amides is 1. The first-order chi connectivity index (χ1) is 7.99. The van der Waals surface area contributed by atoms with Gasteiger partial charge in [0.25, 0.3) is 5.91 Å². The number of anilines is 1. The first kappa shape index (κ1) is 13.2. The number of nitrogens with one attached hydrogen (secondary N) is 2. The topological polar surface area (TPSA) is 96.6 Å². The van der Waals surface area contributed by atoms with Crippen LogP contribution < -0.4 is 16.5 Å². The number of hydrazone groups is 1. The highest BCUT2D eigenvalue weighted by Crippen LogP contribution is 2.13. The third kappa shape index (κ3) is 4.64. The average Bonchev–Trinajstić information content (AvgIpc) is 2.28. The van der Waals surface area contributed by atoms with Crippen molar-refractivity contribution in [1.82, 2.24) is 5.43 Å². The van der Waals surface area contributed by atoms with Crippen LogP contribution in [0, 0.1) is 0 Å². The van der Waals surface area contributed by atoms with Crippen LogP contribution in [0.5, 0.6) is 0 Å². The van der Waals surface area contributed by atoms with E-state index in [-0.39, 0.29) is 5.71 Å². The van der Waals surface area contributed by atoms with Crippen molar-refractivity contribution in [2.24, 2.45) is 10.8 Å². The van der Waals surface area contributed by atoms with Gasteiger partial charge in [-0.1, -0.05) is 15.9 Å². The molecule has 3 amide bonds. The van der Waals surface area contributed by atoms with E-state index < -0.39 is 11.9 Å². The number of carbonyl (C=O) groups is 2. The normalized spacial score (nSPS) is 10.8. The first-order valence-corrected chi connectivity index (χ1v) is 5.45. The van der Waals surface area contributed by atoms with E-state index in [2.05, 4.69) is 26.3 Å². The van der Waals surface area contributed by atoms with Crippen molar-refractivity contribution in [2.75, 3.05) is 5.32 Å². The Kier molecular flexibility index (Phi) is 4.65. The molecule has 1 aromatic carbocycles. The maximum atomic E-state index is 11.6. The van der Waals surface area contributed by atoms with Gasteiger partial charge in [0.15, 0.2) is 0 Å². The van der Waals surface area contributed by atoms with Crippen LogP contribution in [0.2, 0.25) is 0 Å². The summed E-state index contributed by atoms with van der Waals surface area (Å²) in [6.07, 6.45) is 0. The Balaban J connectivity index is 2.63. The monoisotopic (exact) mass is 298 g/mol. The van der Waals surface area contributed by atoms with Gasteiger partial charge in [-0.15, -0.1) is 0 Å². The summed E-state index contributed by atoms with van der Waals surface area (Å²) in [5.74, 6) is -0.416. The molecule has 0 bridgehead atoms. The van der Waals surface area contributed by atoms with Gasteiger partial charge >= 0.3 is 6.03 Å². The van der Waals surface area contributed by atoms with Crippen LogP contribution >= 0.6 is 15.9 Å². The van der Waals surface area contributed by atoms with Crippen molar-refractivity contribution in [1.29, 1.82) is 0 Å². The molecule has 1 aromatic rings. The van der Waals surface area contributed by atoms with Gasteiger partial charge in [-0.3, -0.25) is 4.79 Å². The Hall–Kier alpha value is -1.89. The van der Waals surface area contributed by atoms with Gasteiger partial charge < -0.3 is 11.1 Å². The summed E-state index contributed by atoms with van der Waals surface area (Å²) in [4.78, 5) is 22.0. The highest BCUT2D eigenvalue weighted by Gasteiger charge is 2.06. The van der Waals surface area contributed by atoms with E-state index in [4.69, 9.17) is 5.73 Å². The Morgan fingerprint density at radius 2 is 1.88 bits per heavy atom. The summed E-state index contributed by atoms with van der Waals surface area (Å²) in [6, 6.07) is 6.24. The van der Waals surface area contributed by atoms with Gasteiger partial charge in [-0.2, -0.15) is 5.10 Å². The molecule has 6 nitrogen and oxygen atoms in total. The molecule has 4 N–H and O–H groups in total. The highest BCUT2D eigenvalue weighted by atomic mass is 79.9. The molecule has 7 heteroatoms. The molecular weight excluding hydrogens is 288 g/mol. The fourth-order valence-electron chi connectivity index (χ4n) is 0.944. The number of halogens is 1. The minimum atomic E-state index is -0.819. The van der Waals surface area contributed by atoms with Gasteiger partial charge in [-0.25, -0.2) is 10.2 Å². The largest absolute Gasteiger partial charge is 0.350 e. The minimum absolute atomic E-state index is 0.103. The lowest BCUT2D eigenvalue weighted by Crippen LogP contribution is -2.28. The lowest BCUT2D eigenvalue weighted by atomic mass is 10.3. The van der Waals surface area contributed by atoms with Gasteiger partial charge in [-0.05, 0) is 31.2 Å². The molecule has 0 atom stereocenters. The highest BCUT2D eigenvalue weighted by molar-refractivity contribution is 9.10. The minimum Gasteiger partial charge on any atom is -0.350 e. The second-order valence-electron chi connectivity index (χ2n) is 3.13. The summed E-state index contributed by atoms with van der Waals surface area (Å²) in [7, 11) is 0. The van der Waals surface area contributed by atoms with Gasteiger partial charge in [0, 0.05) is 10.2 Å². The lowest BCUT2D eigenvalue weighted by Gasteiger charge is -2.04. The summed E-state index contributed by atoms with van der Waals surface area (Å²) in [5, 5.41) is 6.12. The van der Waals surface area contributed by atoms with E-state index in [0.29, 0.717) is 5.69 Å². The van der Waals surface area contributed by atoms with Crippen molar-refractivity contribution >= 4 is 39.3 Å². The fraction of sp³-hybridized carbons (Fsp3) is 0.100. The van der Waals surface area contributed by atoms with Crippen LogP contribution in [-0.4, -0.2) is 17.6 Å².